The van der Waals surface area contributed by atoms with Crippen molar-refractivity contribution in [1.29, 1.82) is 0 Å². The molecule has 0 spiro atoms. The van der Waals surface area contributed by atoms with Crippen molar-refractivity contribution < 1.29 is 0 Å². The van der Waals surface area contributed by atoms with E-state index < -0.39 is 0 Å². The minimum Gasteiger partial charge on any atom is -0.262 e. The second kappa shape index (κ2) is 4.37. The van der Waals surface area contributed by atoms with Crippen LogP contribution in [-0.2, 0) is 6.54 Å². The summed E-state index contributed by atoms with van der Waals surface area (Å²) in [4.78, 5) is 9.03. The summed E-state index contributed by atoms with van der Waals surface area (Å²) in [5.74, 6) is 0.736. The Balaban J connectivity index is 1.83. The van der Waals surface area contributed by atoms with E-state index >= 15 is 0 Å². The van der Waals surface area contributed by atoms with E-state index in [1.54, 1.807) is 10.8 Å². The van der Waals surface area contributed by atoms with Crippen LogP contribution >= 0.6 is 0 Å². The molecule has 0 saturated carbocycles. The SMILES string of the molecule is Cc1cc(C)n(Cc2nc3c4ccccc4ncn3n2)n1. The minimum absolute atomic E-state index is 0.565. The molecule has 4 rings (SSSR count). The maximum Gasteiger partial charge on any atom is 0.173 e. The highest BCUT2D eigenvalue weighted by atomic mass is 15.3. The third-order valence-corrected chi connectivity index (χ3v) is 3.52. The molecule has 21 heavy (non-hydrogen) atoms. The number of rotatable bonds is 2. The fraction of sp³-hybridized carbons (Fsp3) is 0.200. The van der Waals surface area contributed by atoms with Gasteiger partial charge in [0.25, 0.3) is 0 Å². The van der Waals surface area contributed by atoms with Crippen LogP contribution in [0.5, 0.6) is 0 Å². The van der Waals surface area contributed by atoms with Gasteiger partial charge < -0.3 is 0 Å². The van der Waals surface area contributed by atoms with E-state index in [1.807, 2.05) is 48.9 Å². The molecule has 4 aromatic rings. The summed E-state index contributed by atoms with van der Waals surface area (Å²) in [5.41, 5.74) is 3.87. The molecule has 104 valence electrons. The zero-order valence-corrected chi connectivity index (χ0v) is 11.9. The molecule has 3 aromatic heterocycles. The third-order valence-electron chi connectivity index (χ3n) is 3.52. The van der Waals surface area contributed by atoms with Crippen LogP contribution in [0.15, 0.2) is 36.7 Å². The summed E-state index contributed by atoms with van der Waals surface area (Å²) in [5, 5.41) is 9.95. The van der Waals surface area contributed by atoms with Crippen molar-refractivity contribution in [3.63, 3.8) is 0 Å². The first-order chi connectivity index (χ1) is 10.2. The van der Waals surface area contributed by atoms with Gasteiger partial charge in [0.15, 0.2) is 11.5 Å². The average Bonchev–Trinajstić information content (AvgIpc) is 3.02. The lowest BCUT2D eigenvalue weighted by Crippen LogP contribution is -2.05. The lowest BCUT2D eigenvalue weighted by Gasteiger charge is -1.99. The van der Waals surface area contributed by atoms with Crippen LogP contribution in [0.2, 0.25) is 0 Å². The molecule has 0 fully saturated rings. The Morgan fingerprint density at radius 1 is 1.10 bits per heavy atom. The van der Waals surface area contributed by atoms with Crippen molar-refractivity contribution >= 4 is 16.6 Å². The predicted octanol–water partition coefficient (Wildman–Crippen LogP) is 2.14. The summed E-state index contributed by atoms with van der Waals surface area (Å²) in [6.07, 6.45) is 1.70. The van der Waals surface area contributed by atoms with Gasteiger partial charge in [0.1, 0.15) is 12.9 Å². The number of nitrogens with zero attached hydrogens (tertiary/aromatic N) is 6. The molecule has 0 radical (unpaired) electrons. The van der Waals surface area contributed by atoms with Gasteiger partial charge in [-0.15, -0.1) is 5.10 Å². The Kier molecular flexibility index (Phi) is 2.50. The number of aromatic nitrogens is 6. The Labute approximate surface area is 121 Å². The molecule has 0 atom stereocenters. The summed E-state index contributed by atoms with van der Waals surface area (Å²) in [6, 6.07) is 10.00. The Hall–Kier alpha value is -2.76. The van der Waals surface area contributed by atoms with Gasteiger partial charge in [-0.2, -0.15) is 5.10 Å². The monoisotopic (exact) mass is 278 g/mol. The largest absolute Gasteiger partial charge is 0.262 e. The first kappa shape index (κ1) is 12.0. The van der Waals surface area contributed by atoms with Crippen molar-refractivity contribution in [3.8, 4) is 0 Å². The van der Waals surface area contributed by atoms with Crippen LogP contribution in [0.1, 0.15) is 17.2 Å². The van der Waals surface area contributed by atoms with Gasteiger partial charge in [0.2, 0.25) is 0 Å². The Bertz CT molecular complexity index is 949. The van der Waals surface area contributed by atoms with Crippen LogP contribution in [-0.4, -0.2) is 29.4 Å². The highest BCUT2D eigenvalue weighted by molar-refractivity contribution is 5.90. The van der Waals surface area contributed by atoms with Gasteiger partial charge in [0.05, 0.1) is 11.2 Å². The number of hydrogen-bond acceptors (Lipinski definition) is 4. The van der Waals surface area contributed by atoms with Crippen molar-refractivity contribution in [3.05, 3.63) is 53.9 Å². The van der Waals surface area contributed by atoms with E-state index in [1.165, 1.54) is 0 Å². The molecule has 1 aromatic carbocycles. The molecule has 0 amide bonds. The van der Waals surface area contributed by atoms with E-state index in [9.17, 15) is 0 Å². The van der Waals surface area contributed by atoms with Crippen LogP contribution in [0.25, 0.3) is 16.6 Å². The number of hydrogen-bond donors (Lipinski definition) is 0. The van der Waals surface area contributed by atoms with Crippen molar-refractivity contribution in [2.45, 2.75) is 20.4 Å². The quantitative estimate of drug-likeness (QED) is 0.563. The van der Waals surface area contributed by atoms with E-state index in [0.717, 1.165) is 33.8 Å². The molecule has 0 unspecified atom stereocenters. The van der Waals surface area contributed by atoms with Crippen LogP contribution < -0.4 is 0 Å². The molecule has 0 aliphatic rings. The maximum atomic E-state index is 4.64. The summed E-state index contributed by atoms with van der Waals surface area (Å²) >= 11 is 0. The molecular weight excluding hydrogens is 264 g/mol. The fourth-order valence-electron chi connectivity index (χ4n) is 2.56. The van der Waals surface area contributed by atoms with E-state index in [2.05, 4.69) is 20.2 Å². The van der Waals surface area contributed by atoms with Gasteiger partial charge in [-0.1, -0.05) is 12.1 Å². The molecule has 0 aliphatic carbocycles. The molecule has 0 bridgehead atoms. The predicted molar refractivity (Wildman–Crippen MR) is 79.1 cm³/mol. The average molecular weight is 278 g/mol. The molecule has 0 N–H and O–H groups in total. The van der Waals surface area contributed by atoms with Gasteiger partial charge in [-0.05, 0) is 32.0 Å². The van der Waals surface area contributed by atoms with Gasteiger partial charge in [0, 0.05) is 11.1 Å². The second-order valence-electron chi connectivity index (χ2n) is 5.14. The smallest absolute Gasteiger partial charge is 0.173 e. The molecule has 6 nitrogen and oxygen atoms in total. The van der Waals surface area contributed by atoms with Crippen LogP contribution in [0.4, 0.5) is 0 Å². The number of fused-ring (bicyclic) bond motifs is 3. The van der Waals surface area contributed by atoms with Crippen molar-refractivity contribution in [2.75, 3.05) is 0 Å². The van der Waals surface area contributed by atoms with E-state index in [-0.39, 0.29) is 0 Å². The second-order valence-corrected chi connectivity index (χ2v) is 5.14. The highest BCUT2D eigenvalue weighted by Crippen LogP contribution is 2.16. The summed E-state index contributed by atoms with van der Waals surface area (Å²) in [6.45, 7) is 4.58. The Morgan fingerprint density at radius 3 is 2.76 bits per heavy atom. The van der Waals surface area contributed by atoms with Crippen molar-refractivity contribution in [1.82, 2.24) is 29.4 Å². The normalized spacial score (nSPS) is 11.5. The minimum atomic E-state index is 0.565. The van der Waals surface area contributed by atoms with Gasteiger partial charge in [-0.25, -0.2) is 14.5 Å². The van der Waals surface area contributed by atoms with E-state index in [4.69, 9.17) is 0 Å². The molecule has 0 saturated heterocycles. The standard InChI is InChI=1S/C15H14N6/c1-10-7-11(2)20(18-10)8-14-17-15-12-5-3-4-6-13(12)16-9-21(15)19-14/h3-7,9H,8H2,1-2H3. The number of para-hydroxylation sites is 1. The van der Waals surface area contributed by atoms with E-state index in [0.29, 0.717) is 6.54 Å². The lowest BCUT2D eigenvalue weighted by atomic mass is 10.2. The zero-order chi connectivity index (χ0) is 14.4. The first-order valence-corrected chi connectivity index (χ1v) is 6.81. The summed E-state index contributed by atoms with van der Waals surface area (Å²) < 4.78 is 3.64. The first-order valence-electron chi connectivity index (χ1n) is 6.81. The number of aryl methyl sites for hydroxylation is 2. The van der Waals surface area contributed by atoms with Crippen molar-refractivity contribution in [2.24, 2.45) is 0 Å². The van der Waals surface area contributed by atoms with Gasteiger partial charge in [-0.3, -0.25) is 4.68 Å². The van der Waals surface area contributed by atoms with Crippen LogP contribution in [0.3, 0.4) is 0 Å². The third kappa shape index (κ3) is 1.96. The fourth-order valence-corrected chi connectivity index (χ4v) is 2.56. The topological polar surface area (TPSA) is 60.9 Å². The highest BCUT2D eigenvalue weighted by Gasteiger charge is 2.10. The van der Waals surface area contributed by atoms with Crippen LogP contribution in [0, 0.1) is 13.8 Å². The maximum absolute atomic E-state index is 4.64. The lowest BCUT2D eigenvalue weighted by molar-refractivity contribution is 0.630. The molecule has 3 heterocycles. The molecule has 6 heteroatoms. The Morgan fingerprint density at radius 2 is 1.95 bits per heavy atom. The number of benzene rings is 1. The zero-order valence-electron chi connectivity index (χ0n) is 11.9. The molecular formula is C15H14N6. The molecule has 0 aliphatic heterocycles. The summed E-state index contributed by atoms with van der Waals surface area (Å²) in [7, 11) is 0. The van der Waals surface area contributed by atoms with Gasteiger partial charge >= 0.3 is 0 Å².